The number of halogens is 1. The summed E-state index contributed by atoms with van der Waals surface area (Å²) in [6, 6.07) is 18.1. The van der Waals surface area contributed by atoms with Crippen molar-refractivity contribution in [2.45, 2.75) is 6.92 Å². The predicted molar refractivity (Wildman–Crippen MR) is 108 cm³/mol. The smallest absolute Gasteiger partial charge is 0.343 e. The van der Waals surface area contributed by atoms with E-state index < -0.39 is 11.9 Å². The molecule has 3 rings (SSSR count). The van der Waals surface area contributed by atoms with Crippen molar-refractivity contribution in [3.63, 3.8) is 0 Å². The van der Waals surface area contributed by atoms with Gasteiger partial charge in [-0.3, -0.25) is 4.99 Å². The summed E-state index contributed by atoms with van der Waals surface area (Å²) in [5.74, 6) is -1.22. The molecule has 0 bridgehead atoms. The van der Waals surface area contributed by atoms with Crippen molar-refractivity contribution >= 4 is 35.4 Å². The Labute approximate surface area is 166 Å². The van der Waals surface area contributed by atoms with Crippen molar-refractivity contribution in [1.82, 2.24) is 0 Å². The van der Waals surface area contributed by atoms with Gasteiger partial charge in [-0.25, -0.2) is 9.59 Å². The molecule has 6 heteroatoms. The molecule has 0 aromatic heterocycles. The highest BCUT2D eigenvalue weighted by Crippen LogP contribution is 2.22. The van der Waals surface area contributed by atoms with Crippen LogP contribution in [0.3, 0.4) is 0 Å². The van der Waals surface area contributed by atoms with Gasteiger partial charge in [0.25, 0.3) is 0 Å². The van der Waals surface area contributed by atoms with Crippen LogP contribution in [0, 0.1) is 6.92 Å². The van der Waals surface area contributed by atoms with Crippen LogP contribution >= 0.6 is 11.6 Å². The van der Waals surface area contributed by atoms with Crippen molar-refractivity contribution in [1.29, 1.82) is 0 Å². The summed E-state index contributed by atoms with van der Waals surface area (Å²) < 4.78 is 5.40. The molecule has 0 saturated heterocycles. The fourth-order valence-electron chi connectivity index (χ4n) is 2.44. The lowest BCUT2D eigenvalue weighted by molar-refractivity contribution is 0.0694. The van der Waals surface area contributed by atoms with Crippen LogP contribution in [0.25, 0.3) is 0 Å². The van der Waals surface area contributed by atoms with Crippen LogP contribution in [0.15, 0.2) is 71.7 Å². The highest BCUT2D eigenvalue weighted by molar-refractivity contribution is 6.31. The molecule has 3 aromatic rings. The number of carboxylic acids is 1. The molecule has 3 aromatic carbocycles. The molecule has 0 amide bonds. The average molecular weight is 394 g/mol. The zero-order valence-electron chi connectivity index (χ0n) is 14.9. The second kappa shape index (κ2) is 8.50. The minimum atomic E-state index is -1.02. The van der Waals surface area contributed by atoms with Crippen molar-refractivity contribution in [3.05, 3.63) is 94.0 Å². The molecular formula is C22H16ClNO4. The highest BCUT2D eigenvalue weighted by Gasteiger charge is 2.09. The number of aryl methyl sites for hydroxylation is 1. The summed E-state index contributed by atoms with van der Waals surface area (Å²) in [6.07, 6.45) is 1.52. The quantitative estimate of drug-likeness (QED) is 0.361. The fourth-order valence-corrected chi connectivity index (χ4v) is 2.68. The van der Waals surface area contributed by atoms with Crippen LogP contribution in [-0.2, 0) is 0 Å². The third-order valence-corrected chi connectivity index (χ3v) is 4.07. The van der Waals surface area contributed by atoms with Crippen molar-refractivity contribution < 1.29 is 19.4 Å². The number of esters is 1. The van der Waals surface area contributed by atoms with E-state index in [9.17, 15) is 9.59 Å². The number of hydrogen-bond acceptors (Lipinski definition) is 4. The molecule has 0 saturated carbocycles. The molecule has 0 unspecified atom stereocenters. The molecule has 0 aliphatic carbocycles. The summed E-state index contributed by atoms with van der Waals surface area (Å²) in [7, 11) is 0. The number of carbonyl (C=O) groups excluding carboxylic acids is 1. The van der Waals surface area contributed by atoms with Gasteiger partial charge in [-0.2, -0.15) is 0 Å². The first kappa shape index (κ1) is 19.3. The van der Waals surface area contributed by atoms with E-state index in [1.165, 1.54) is 24.4 Å². The first-order valence-electron chi connectivity index (χ1n) is 8.37. The molecule has 5 nitrogen and oxygen atoms in total. The highest BCUT2D eigenvalue weighted by atomic mass is 35.5. The number of benzene rings is 3. The molecule has 0 radical (unpaired) electrons. The Hall–Kier alpha value is -3.44. The summed E-state index contributed by atoms with van der Waals surface area (Å²) in [5, 5.41) is 9.43. The number of rotatable bonds is 5. The molecule has 0 aliphatic heterocycles. The van der Waals surface area contributed by atoms with Crippen LogP contribution in [0.2, 0.25) is 5.02 Å². The van der Waals surface area contributed by atoms with Crippen molar-refractivity contribution in [3.8, 4) is 5.75 Å². The third kappa shape index (κ3) is 5.05. The van der Waals surface area contributed by atoms with E-state index in [0.717, 1.165) is 5.56 Å². The van der Waals surface area contributed by atoms with Crippen LogP contribution < -0.4 is 4.74 Å². The monoisotopic (exact) mass is 393 g/mol. The maximum Gasteiger partial charge on any atom is 0.343 e. The van der Waals surface area contributed by atoms with Gasteiger partial charge in [0.1, 0.15) is 5.75 Å². The van der Waals surface area contributed by atoms with E-state index in [4.69, 9.17) is 21.4 Å². The van der Waals surface area contributed by atoms with E-state index in [1.54, 1.807) is 36.4 Å². The number of hydrogen-bond donors (Lipinski definition) is 1. The summed E-state index contributed by atoms with van der Waals surface area (Å²) >= 11 is 6.12. The Morgan fingerprint density at radius 3 is 2.46 bits per heavy atom. The molecule has 0 aliphatic rings. The third-order valence-electron chi connectivity index (χ3n) is 3.85. The second-order valence-electron chi connectivity index (χ2n) is 6.09. The summed E-state index contributed by atoms with van der Waals surface area (Å²) in [5.41, 5.74) is 2.72. The number of ether oxygens (including phenoxy) is 1. The molecule has 1 N–H and O–H groups in total. The number of nitrogens with zero attached hydrogens (tertiary/aromatic N) is 1. The number of carboxylic acid groups (broad SMARTS) is 1. The molecule has 0 atom stereocenters. The van der Waals surface area contributed by atoms with Crippen LogP contribution in [0.1, 0.15) is 31.8 Å². The summed E-state index contributed by atoms with van der Waals surface area (Å²) in [4.78, 5) is 27.6. The lowest BCUT2D eigenvalue weighted by Crippen LogP contribution is -2.08. The lowest BCUT2D eigenvalue weighted by atomic mass is 10.1. The predicted octanol–water partition coefficient (Wildman–Crippen LogP) is 5.32. The standard InChI is InChI=1S/C22H16ClNO4/c1-14-5-7-16(8-6-14)22(27)28-20-10-15(9-18(23)12-20)13-24-19-4-2-3-17(11-19)21(25)26/h2-13H,1H3,(H,25,26). The minimum Gasteiger partial charge on any atom is -0.478 e. The van der Waals surface area contributed by atoms with E-state index in [-0.39, 0.29) is 5.56 Å². The van der Waals surface area contributed by atoms with Gasteiger partial charge in [-0.05, 0) is 61.0 Å². The fraction of sp³-hybridized carbons (Fsp3) is 0.0455. The van der Waals surface area contributed by atoms with E-state index in [2.05, 4.69) is 4.99 Å². The Morgan fingerprint density at radius 2 is 1.75 bits per heavy atom. The molecular weight excluding hydrogens is 378 g/mol. The zero-order chi connectivity index (χ0) is 20.1. The van der Waals surface area contributed by atoms with Crippen LogP contribution in [0.5, 0.6) is 5.75 Å². The Balaban J connectivity index is 1.79. The topological polar surface area (TPSA) is 76.0 Å². The van der Waals surface area contributed by atoms with Crippen LogP contribution in [-0.4, -0.2) is 23.3 Å². The Kier molecular flexibility index (Phi) is 5.87. The maximum absolute atomic E-state index is 12.3. The largest absolute Gasteiger partial charge is 0.478 e. The lowest BCUT2D eigenvalue weighted by Gasteiger charge is -2.06. The van der Waals surface area contributed by atoms with E-state index >= 15 is 0 Å². The molecule has 0 spiro atoms. The van der Waals surface area contributed by atoms with E-state index in [0.29, 0.717) is 27.6 Å². The Bertz CT molecular complexity index is 1060. The van der Waals surface area contributed by atoms with E-state index in [1.807, 2.05) is 19.1 Å². The molecule has 0 fully saturated rings. The van der Waals surface area contributed by atoms with Crippen molar-refractivity contribution in [2.75, 3.05) is 0 Å². The van der Waals surface area contributed by atoms with Crippen molar-refractivity contribution in [2.24, 2.45) is 4.99 Å². The first-order chi connectivity index (χ1) is 13.4. The average Bonchev–Trinajstić information content (AvgIpc) is 2.66. The van der Waals surface area contributed by atoms with Gasteiger partial charge in [-0.1, -0.05) is 35.4 Å². The Morgan fingerprint density at radius 1 is 1.00 bits per heavy atom. The van der Waals surface area contributed by atoms with Gasteiger partial charge in [0, 0.05) is 11.2 Å². The number of aliphatic imine (C=N–C) groups is 1. The van der Waals surface area contributed by atoms with Gasteiger partial charge < -0.3 is 9.84 Å². The normalized spacial score (nSPS) is 10.8. The van der Waals surface area contributed by atoms with Gasteiger partial charge >= 0.3 is 11.9 Å². The van der Waals surface area contributed by atoms with Gasteiger partial charge in [0.2, 0.25) is 0 Å². The number of carbonyl (C=O) groups is 2. The zero-order valence-corrected chi connectivity index (χ0v) is 15.7. The SMILES string of the molecule is Cc1ccc(C(=O)Oc2cc(Cl)cc(C=Nc3cccc(C(=O)O)c3)c2)cc1. The van der Waals surface area contributed by atoms with Gasteiger partial charge in [0.05, 0.1) is 16.8 Å². The first-order valence-corrected chi connectivity index (χ1v) is 8.75. The molecule has 0 heterocycles. The second-order valence-corrected chi connectivity index (χ2v) is 6.53. The van der Waals surface area contributed by atoms with Gasteiger partial charge in [0.15, 0.2) is 0 Å². The number of aromatic carboxylic acids is 1. The minimum absolute atomic E-state index is 0.147. The molecule has 140 valence electrons. The van der Waals surface area contributed by atoms with Gasteiger partial charge in [-0.15, -0.1) is 0 Å². The maximum atomic E-state index is 12.3. The summed E-state index contributed by atoms with van der Waals surface area (Å²) in [6.45, 7) is 1.93. The molecule has 28 heavy (non-hydrogen) atoms. The van der Waals surface area contributed by atoms with Crippen LogP contribution in [0.4, 0.5) is 5.69 Å².